The van der Waals surface area contributed by atoms with E-state index in [4.69, 9.17) is 10.5 Å². The van der Waals surface area contributed by atoms with Crippen molar-refractivity contribution in [2.24, 2.45) is 5.73 Å². The van der Waals surface area contributed by atoms with Gasteiger partial charge in [-0.25, -0.2) is 4.98 Å². The lowest BCUT2D eigenvalue weighted by atomic mass is 10.1. The molecular formula is C15H14F3N3O. The van der Waals surface area contributed by atoms with Gasteiger partial charge in [0.25, 0.3) is 0 Å². The summed E-state index contributed by atoms with van der Waals surface area (Å²) in [5, 5.41) is 0. The number of benzene rings is 1. The number of fused-ring (bicyclic) bond motifs is 1. The Hall–Kier alpha value is -2.28. The monoisotopic (exact) mass is 309 g/mol. The fourth-order valence-corrected chi connectivity index (χ4v) is 2.37. The predicted octanol–water partition coefficient (Wildman–Crippen LogP) is 2.96. The average Bonchev–Trinajstić information content (AvgIpc) is 2.53. The van der Waals surface area contributed by atoms with Gasteiger partial charge in [-0.15, -0.1) is 0 Å². The quantitative estimate of drug-likeness (QED) is 0.926. The van der Waals surface area contributed by atoms with Crippen LogP contribution in [0.3, 0.4) is 0 Å². The van der Waals surface area contributed by atoms with Gasteiger partial charge >= 0.3 is 6.18 Å². The van der Waals surface area contributed by atoms with Crippen molar-refractivity contribution < 1.29 is 17.9 Å². The van der Waals surface area contributed by atoms with Crippen LogP contribution in [0.1, 0.15) is 5.56 Å². The lowest BCUT2D eigenvalue weighted by Crippen LogP contribution is -2.42. The molecule has 1 aromatic carbocycles. The fraction of sp³-hybridized carbons (Fsp3) is 0.267. The average molecular weight is 309 g/mol. The molecule has 4 nitrogen and oxygen atoms in total. The Bertz CT molecular complexity index is 658. The summed E-state index contributed by atoms with van der Waals surface area (Å²) >= 11 is 0. The van der Waals surface area contributed by atoms with Crippen molar-refractivity contribution in [3.63, 3.8) is 0 Å². The molecule has 0 aliphatic carbocycles. The summed E-state index contributed by atoms with van der Waals surface area (Å²) in [5.74, 6) is 0.434. The highest BCUT2D eigenvalue weighted by atomic mass is 19.4. The molecule has 1 aromatic heterocycles. The molecule has 0 spiro atoms. The van der Waals surface area contributed by atoms with Crippen molar-refractivity contribution in [2.75, 3.05) is 18.0 Å². The Morgan fingerprint density at radius 2 is 1.95 bits per heavy atom. The van der Waals surface area contributed by atoms with Crippen molar-refractivity contribution in [2.45, 2.75) is 12.3 Å². The van der Waals surface area contributed by atoms with E-state index in [1.165, 1.54) is 12.1 Å². The van der Waals surface area contributed by atoms with Crippen LogP contribution in [0.25, 0.3) is 0 Å². The lowest BCUT2D eigenvalue weighted by Gasteiger charge is -2.35. The second-order valence-corrected chi connectivity index (χ2v) is 4.96. The summed E-state index contributed by atoms with van der Waals surface area (Å²) in [4.78, 5) is 6.02. The first-order valence-corrected chi connectivity index (χ1v) is 6.75. The van der Waals surface area contributed by atoms with Gasteiger partial charge in [-0.2, -0.15) is 13.2 Å². The molecule has 0 bridgehead atoms. The van der Waals surface area contributed by atoms with E-state index < -0.39 is 11.7 Å². The van der Waals surface area contributed by atoms with E-state index in [-0.39, 0.29) is 6.10 Å². The number of nitrogens with two attached hydrogens (primary N) is 1. The van der Waals surface area contributed by atoms with E-state index in [0.717, 1.165) is 12.1 Å². The number of hydrogen-bond acceptors (Lipinski definition) is 4. The number of alkyl halides is 3. The Kier molecular flexibility index (Phi) is 3.66. The van der Waals surface area contributed by atoms with Crippen molar-refractivity contribution in [3.8, 4) is 5.88 Å². The van der Waals surface area contributed by atoms with E-state index in [1.807, 2.05) is 11.0 Å². The topological polar surface area (TPSA) is 51.4 Å². The molecule has 0 saturated carbocycles. The van der Waals surface area contributed by atoms with E-state index in [0.29, 0.717) is 30.3 Å². The molecule has 1 unspecified atom stereocenters. The van der Waals surface area contributed by atoms with E-state index in [1.54, 1.807) is 12.3 Å². The first kappa shape index (κ1) is 14.6. The van der Waals surface area contributed by atoms with E-state index >= 15 is 0 Å². The van der Waals surface area contributed by atoms with Crippen LogP contribution in [-0.2, 0) is 6.18 Å². The Labute approximate surface area is 125 Å². The molecule has 0 saturated heterocycles. The Morgan fingerprint density at radius 3 is 2.59 bits per heavy atom. The predicted molar refractivity (Wildman–Crippen MR) is 76.2 cm³/mol. The maximum atomic E-state index is 12.7. The number of ether oxygens (including phenoxy) is 1. The molecule has 7 heteroatoms. The number of nitrogens with zero attached hydrogens (tertiary/aromatic N) is 2. The standard InChI is InChI=1S/C15H14F3N3O/c16-15(17,18)10-3-5-11(6-4-10)21-9-12(8-19)22-14-13(21)2-1-7-20-14/h1-7,12H,8-9,19H2. The molecule has 116 valence electrons. The van der Waals surface area contributed by atoms with Crippen molar-refractivity contribution >= 4 is 11.4 Å². The van der Waals surface area contributed by atoms with Gasteiger partial charge < -0.3 is 15.4 Å². The van der Waals surface area contributed by atoms with Crippen LogP contribution in [-0.4, -0.2) is 24.2 Å². The van der Waals surface area contributed by atoms with Gasteiger partial charge in [0.2, 0.25) is 5.88 Å². The molecule has 1 aliphatic heterocycles. The normalized spacial score (nSPS) is 17.8. The first-order valence-electron chi connectivity index (χ1n) is 6.75. The van der Waals surface area contributed by atoms with Gasteiger partial charge in [0.05, 0.1) is 12.1 Å². The third-order valence-corrected chi connectivity index (χ3v) is 3.48. The molecule has 2 heterocycles. The van der Waals surface area contributed by atoms with Gasteiger partial charge in [0.15, 0.2) is 0 Å². The van der Waals surface area contributed by atoms with Gasteiger partial charge in [0, 0.05) is 18.4 Å². The highest BCUT2D eigenvalue weighted by Crippen LogP contribution is 2.37. The third-order valence-electron chi connectivity index (χ3n) is 3.48. The zero-order valence-electron chi connectivity index (χ0n) is 11.5. The van der Waals surface area contributed by atoms with Crippen LogP contribution in [0.15, 0.2) is 42.6 Å². The molecule has 1 aliphatic rings. The van der Waals surface area contributed by atoms with E-state index in [9.17, 15) is 13.2 Å². The molecular weight excluding hydrogens is 295 g/mol. The van der Waals surface area contributed by atoms with Crippen LogP contribution in [0, 0.1) is 0 Å². The summed E-state index contributed by atoms with van der Waals surface area (Å²) in [6.07, 6.45) is -3.00. The van der Waals surface area contributed by atoms with Gasteiger partial charge in [-0.1, -0.05) is 0 Å². The summed E-state index contributed by atoms with van der Waals surface area (Å²) in [7, 11) is 0. The highest BCUT2D eigenvalue weighted by molar-refractivity contribution is 5.69. The van der Waals surface area contributed by atoms with E-state index in [2.05, 4.69) is 4.98 Å². The summed E-state index contributed by atoms with van der Waals surface area (Å²) in [5.41, 5.74) is 6.34. The molecule has 1 atom stereocenters. The molecule has 0 amide bonds. The lowest BCUT2D eigenvalue weighted by molar-refractivity contribution is -0.137. The Balaban J connectivity index is 1.97. The SMILES string of the molecule is NCC1CN(c2ccc(C(F)(F)F)cc2)c2cccnc2O1. The van der Waals surface area contributed by atoms with Crippen molar-refractivity contribution in [1.29, 1.82) is 0 Å². The molecule has 2 N–H and O–H groups in total. The summed E-state index contributed by atoms with van der Waals surface area (Å²) in [6, 6.07) is 8.59. The Morgan fingerprint density at radius 1 is 1.23 bits per heavy atom. The second-order valence-electron chi connectivity index (χ2n) is 4.96. The number of pyridine rings is 1. The first-order chi connectivity index (χ1) is 10.5. The van der Waals surface area contributed by atoms with Crippen LogP contribution in [0.4, 0.5) is 24.5 Å². The zero-order valence-corrected chi connectivity index (χ0v) is 11.5. The van der Waals surface area contributed by atoms with Crippen molar-refractivity contribution in [1.82, 2.24) is 4.98 Å². The second kappa shape index (κ2) is 5.49. The number of rotatable bonds is 2. The molecule has 0 fully saturated rings. The van der Waals surface area contributed by atoms with Crippen LogP contribution < -0.4 is 15.4 Å². The van der Waals surface area contributed by atoms with Crippen LogP contribution >= 0.6 is 0 Å². The molecule has 0 radical (unpaired) electrons. The summed E-state index contributed by atoms with van der Waals surface area (Å²) < 4.78 is 43.6. The smallest absolute Gasteiger partial charge is 0.416 e. The third kappa shape index (κ3) is 2.71. The molecule has 2 aromatic rings. The van der Waals surface area contributed by atoms with Crippen molar-refractivity contribution in [3.05, 3.63) is 48.2 Å². The molecule has 22 heavy (non-hydrogen) atoms. The minimum absolute atomic E-state index is 0.260. The van der Waals surface area contributed by atoms with Crippen LogP contribution in [0.2, 0.25) is 0 Å². The maximum Gasteiger partial charge on any atom is 0.416 e. The minimum Gasteiger partial charge on any atom is -0.470 e. The number of aromatic nitrogens is 1. The number of hydrogen-bond donors (Lipinski definition) is 1. The maximum absolute atomic E-state index is 12.7. The van der Waals surface area contributed by atoms with Gasteiger partial charge in [-0.3, -0.25) is 0 Å². The largest absolute Gasteiger partial charge is 0.470 e. The van der Waals surface area contributed by atoms with Crippen LogP contribution in [0.5, 0.6) is 5.88 Å². The minimum atomic E-state index is -4.34. The van der Waals surface area contributed by atoms with Gasteiger partial charge in [0.1, 0.15) is 11.8 Å². The number of anilines is 2. The zero-order chi connectivity index (χ0) is 15.7. The number of halogens is 3. The fourth-order valence-electron chi connectivity index (χ4n) is 2.37. The summed E-state index contributed by atoms with van der Waals surface area (Å²) in [6.45, 7) is 0.758. The highest BCUT2D eigenvalue weighted by Gasteiger charge is 2.31. The van der Waals surface area contributed by atoms with Gasteiger partial charge in [-0.05, 0) is 36.4 Å². The molecule has 3 rings (SSSR count).